The second kappa shape index (κ2) is 6.40. The molecule has 0 aliphatic carbocycles. The van der Waals surface area contributed by atoms with Crippen LogP contribution in [0.15, 0.2) is 12.2 Å². The van der Waals surface area contributed by atoms with Crippen molar-refractivity contribution in [1.82, 2.24) is 0 Å². The summed E-state index contributed by atoms with van der Waals surface area (Å²) in [7, 11) is 0. The van der Waals surface area contributed by atoms with E-state index >= 15 is 0 Å². The zero-order valence-corrected chi connectivity index (χ0v) is 13.2. The highest BCUT2D eigenvalue weighted by molar-refractivity contribution is 5.87. The van der Waals surface area contributed by atoms with Crippen LogP contribution in [-0.2, 0) is 9.53 Å². The minimum atomic E-state index is -0.460. The molecule has 0 saturated heterocycles. The van der Waals surface area contributed by atoms with Crippen LogP contribution in [0.2, 0.25) is 0 Å². The van der Waals surface area contributed by atoms with E-state index in [0.717, 1.165) is 19.3 Å². The van der Waals surface area contributed by atoms with Gasteiger partial charge in [-0.25, -0.2) is 4.79 Å². The summed E-state index contributed by atoms with van der Waals surface area (Å²) >= 11 is 0. The lowest BCUT2D eigenvalue weighted by molar-refractivity contribution is -0.176. The summed E-state index contributed by atoms with van der Waals surface area (Å²) in [4.78, 5) is 11.9. The summed E-state index contributed by atoms with van der Waals surface area (Å²) in [5, 5.41) is 0. The lowest BCUT2D eigenvalue weighted by Crippen LogP contribution is -2.50. The third kappa shape index (κ3) is 3.86. The van der Waals surface area contributed by atoms with E-state index in [1.54, 1.807) is 6.92 Å². The number of rotatable bonds is 7. The first-order chi connectivity index (χ1) is 8.08. The summed E-state index contributed by atoms with van der Waals surface area (Å²) in [6.07, 6.45) is 3.37. The lowest BCUT2D eigenvalue weighted by Gasteiger charge is -2.46. The Morgan fingerprint density at radius 3 is 2.11 bits per heavy atom. The molecule has 0 radical (unpaired) electrons. The maximum absolute atomic E-state index is 11.9. The fourth-order valence-corrected chi connectivity index (χ4v) is 2.18. The van der Waals surface area contributed by atoms with Crippen molar-refractivity contribution < 1.29 is 9.53 Å². The van der Waals surface area contributed by atoms with Gasteiger partial charge in [-0.1, -0.05) is 54.0 Å². The number of unbranched alkanes of at least 4 members (excludes halogenated alkanes) is 1. The normalized spacial score (nSPS) is 15.3. The second-order valence-electron chi connectivity index (χ2n) is 6.42. The molecule has 2 heteroatoms. The third-order valence-electron chi connectivity index (χ3n) is 4.25. The molecule has 1 atom stereocenters. The van der Waals surface area contributed by atoms with Crippen molar-refractivity contribution in [3.05, 3.63) is 12.2 Å². The fourth-order valence-electron chi connectivity index (χ4n) is 2.18. The van der Waals surface area contributed by atoms with Gasteiger partial charge in [-0.15, -0.1) is 0 Å². The van der Waals surface area contributed by atoms with Crippen LogP contribution >= 0.6 is 0 Å². The molecule has 0 saturated carbocycles. The zero-order valence-electron chi connectivity index (χ0n) is 13.2. The highest BCUT2D eigenvalue weighted by Crippen LogP contribution is 2.43. The van der Waals surface area contributed by atoms with E-state index in [1.165, 1.54) is 0 Å². The second-order valence-corrected chi connectivity index (χ2v) is 6.42. The lowest BCUT2D eigenvalue weighted by atomic mass is 9.67. The number of carbonyl (C=O) groups excluding carboxylic acids is 1. The first-order valence-electron chi connectivity index (χ1n) is 6.97. The van der Waals surface area contributed by atoms with Crippen LogP contribution in [0.25, 0.3) is 0 Å². The average molecular weight is 254 g/mol. The van der Waals surface area contributed by atoms with Gasteiger partial charge >= 0.3 is 5.97 Å². The van der Waals surface area contributed by atoms with Gasteiger partial charge < -0.3 is 4.74 Å². The molecule has 0 fully saturated rings. The Labute approximate surface area is 113 Å². The Hall–Kier alpha value is -0.790. The van der Waals surface area contributed by atoms with Crippen LogP contribution in [0.4, 0.5) is 0 Å². The molecule has 0 spiro atoms. The van der Waals surface area contributed by atoms with Crippen LogP contribution in [0.3, 0.4) is 0 Å². The zero-order chi connectivity index (χ0) is 14.6. The maximum Gasteiger partial charge on any atom is 0.333 e. The van der Waals surface area contributed by atoms with Crippen LogP contribution in [0.1, 0.15) is 67.7 Å². The van der Waals surface area contributed by atoms with Crippen molar-refractivity contribution in [1.29, 1.82) is 0 Å². The number of ether oxygens (including phenoxy) is 1. The van der Waals surface area contributed by atoms with E-state index in [-0.39, 0.29) is 17.3 Å². The number of hydrogen-bond acceptors (Lipinski definition) is 2. The number of hydrogen-bond donors (Lipinski definition) is 0. The van der Waals surface area contributed by atoms with Crippen LogP contribution < -0.4 is 0 Å². The van der Waals surface area contributed by atoms with E-state index in [0.29, 0.717) is 5.57 Å². The Morgan fingerprint density at radius 2 is 1.78 bits per heavy atom. The van der Waals surface area contributed by atoms with Crippen LogP contribution in [-0.4, -0.2) is 11.6 Å². The van der Waals surface area contributed by atoms with E-state index < -0.39 is 5.60 Å². The van der Waals surface area contributed by atoms with Crippen LogP contribution in [0.5, 0.6) is 0 Å². The van der Waals surface area contributed by atoms with Gasteiger partial charge in [0.05, 0.1) is 0 Å². The van der Waals surface area contributed by atoms with E-state index in [1.807, 2.05) is 6.92 Å². The topological polar surface area (TPSA) is 26.3 Å². The quantitative estimate of drug-likeness (QED) is 0.484. The summed E-state index contributed by atoms with van der Waals surface area (Å²) in [5.41, 5.74) is -0.0336. The van der Waals surface area contributed by atoms with Gasteiger partial charge in [0.15, 0.2) is 0 Å². The molecule has 0 aromatic carbocycles. The molecule has 0 N–H and O–H groups in total. The summed E-state index contributed by atoms with van der Waals surface area (Å²) in [6.45, 7) is 18.2. The molecule has 0 amide bonds. The van der Waals surface area contributed by atoms with Crippen molar-refractivity contribution in [3.8, 4) is 0 Å². The number of carbonyl (C=O) groups is 1. The van der Waals surface area contributed by atoms with Crippen molar-refractivity contribution >= 4 is 5.97 Å². The molecule has 0 bridgehead atoms. The Bertz CT molecular complexity index is 302. The molecule has 0 rings (SSSR count). The van der Waals surface area contributed by atoms with Gasteiger partial charge in [-0.2, -0.15) is 0 Å². The summed E-state index contributed by atoms with van der Waals surface area (Å²) < 4.78 is 5.78. The molecular formula is C16H30O2. The minimum absolute atomic E-state index is 0.0394. The number of esters is 1. The third-order valence-corrected chi connectivity index (χ3v) is 4.25. The highest BCUT2D eigenvalue weighted by atomic mass is 16.6. The summed E-state index contributed by atoms with van der Waals surface area (Å²) in [6, 6.07) is 0. The molecule has 106 valence electrons. The van der Waals surface area contributed by atoms with Gasteiger partial charge in [0.2, 0.25) is 0 Å². The van der Waals surface area contributed by atoms with E-state index in [4.69, 9.17) is 4.74 Å². The molecule has 0 aliphatic heterocycles. The van der Waals surface area contributed by atoms with Crippen LogP contribution in [0, 0.1) is 11.3 Å². The average Bonchev–Trinajstić information content (AvgIpc) is 2.25. The van der Waals surface area contributed by atoms with Crippen molar-refractivity contribution in [2.24, 2.45) is 11.3 Å². The predicted octanol–water partition coefficient (Wildman–Crippen LogP) is 4.74. The predicted molar refractivity (Wildman–Crippen MR) is 77.5 cm³/mol. The molecule has 1 unspecified atom stereocenters. The fraction of sp³-hybridized carbons (Fsp3) is 0.812. The minimum Gasteiger partial charge on any atom is -0.455 e. The van der Waals surface area contributed by atoms with Gasteiger partial charge in [-0.05, 0) is 26.2 Å². The van der Waals surface area contributed by atoms with Gasteiger partial charge in [0, 0.05) is 11.0 Å². The monoisotopic (exact) mass is 254 g/mol. The van der Waals surface area contributed by atoms with Crippen molar-refractivity contribution in [2.75, 3.05) is 0 Å². The standard InChI is InChI=1S/C16H30O2/c1-9-10-11-15(6,7)16(8,13(4)5)18-14(17)12(2)3/h13H,2,9-11H2,1,3-8H3. The Kier molecular flexibility index (Phi) is 6.12. The first-order valence-corrected chi connectivity index (χ1v) is 6.97. The SMILES string of the molecule is C=C(C)C(=O)OC(C)(C(C)C)C(C)(C)CCCC. The molecule has 2 nitrogen and oxygen atoms in total. The molecule has 0 aromatic rings. The molecule has 0 aliphatic rings. The molecule has 0 aromatic heterocycles. The van der Waals surface area contributed by atoms with Crippen molar-refractivity contribution in [2.45, 2.75) is 73.3 Å². The van der Waals surface area contributed by atoms with Crippen molar-refractivity contribution in [3.63, 3.8) is 0 Å². The van der Waals surface area contributed by atoms with Gasteiger partial charge in [0.25, 0.3) is 0 Å². The smallest absolute Gasteiger partial charge is 0.333 e. The van der Waals surface area contributed by atoms with Gasteiger partial charge in [0.1, 0.15) is 5.60 Å². The first kappa shape index (κ1) is 17.2. The molecule has 18 heavy (non-hydrogen) atoms. The largest absolute Gasteiger partial charge is 0.455 e. The van der Waals surface area contributed by atoms with E-state index in [2.05, 4.69) is 41.2 Å². The highest BCUT2D eigenvalue weighted by Gasteiger charge is 2.46. The Balaban J connectivity index is 5.13. The maximum atomic E-state index is 11.9. The molecule has 0 heterocycles. The van der Waals surface area contributed by atoms with Gasteiger partial charge in [-0.3, -0.25) is 0 Å². The summed E-state index contributed by atoms with van der Waals surface area (Å²) in [5.74, 6) is -0.0107. The Morgan fingerprint density at radius 1 is 1.28 bits per heavy atom. The van der Waals surface area contributed by atoms with E-state index in [9.17, 15) is 4.79 Å². The molecular weight excluding hydrogens is 224 g/mol.